The summed E-state index contributed by atoms with van der Waals surface area (Å²) in [6.07, 6.45) is -0.593. The Kier molecular flexibility index (Phi) is 7.91. The van der Waals surface area contributed by atoms with E-state index in [1.165, 1.54) is 6.92 Å². The molecular weight excluding hydrogens is 350 g/mol. The zero-order valence-corrected chi connectivity index (χ0v) is 15.9. The van der Waals surface area contributed by atoms with Crippen LogP contribution >= 0.6 is 11.6 Å². The summed E-state index contributed by atoms with van der Waals surface area (Å²) < 4.78 is 0. The fraction of sp³-hybridized carbons (Fsp3) is 0.350. The van der Waals surface area contributed by atoms with Crippen molar-refractivity contribution in [2.24, 2.45) is 0 Å². The molecule has 0 spiro atoms. The van der Waals surface area contributed by atoms with E-state index in [1.54, 1.807) is 12.1 Å². The van der Waals surface area contributed by atoms with Crippen molar-refractivity contribution in [1.82, 2.24) is 10.6 Å². The maximum Gasteiger partial charge on any atom is 0.217 e. The molecule has 5 nitrogen and oxygen atoms in total. The molecule has 6 heteroatoms. The van der Waals surface area contributed by atoms with Crippen molar-refractivity contribution in [3.05, 3.63) is 64.7 Å². The zero-order chi connectivity index (χ0) is 18.9. The zero-order valence-electron chi connectivity index (χ0n) is 15.1. The van der Waals surface area contributed by atoms with Gasteiger partial charge >= 0.3 is 0 Å². The number of carbonyl (C=O) groups is 1. The quantitative estimate of drug-likeness (QED) is 0.543. The van der Waals surface area contributed by atoms with Crippen LogP contribution in [0.2, 0.25) is 5.02 Å². The summed E-state index contributed by atoms with van der Waals surface area (Å²) >= 11 is 5.95. The van der Waals surface area contributed by atoms with E-state index < -0.39 is 6.10 Å². The SMILES string of the molecule is CC(=O)NCc1ccc(NC[C@@H](C)NC[C@H](O)c2cccc(Cl)c2)cc1. The molecule has 4 N–H and O–H groups in total. The molecule has 1 amide bonds. The number of hydrogen-bond donors (Lipinski definition) is 4. The summed E-state index contributed by atoms with van der Waals surface area (Å²) in [5.74, 6) is -0.0351. The molecule has 0 fully saturated rings. The Balaban J connectivity index is 1.72. The van der Waals surface area contributed by atoms with E-state index in [-0.39, 0.29) is 11.9 Å². The Morgan fingerprint density at radius 1 is 1.15 bits per heavy atom. The third-order valence-corrected chi connectivity index (χ3v) is 4.24. The Labute approximate surface area is 159 Å². The Morgan fingerprint density at radius 3 is 2.54 bits per heavy atom. The van der Waals surface area contributed by atoms with Gasteiger partial charge in [-0.1, -0.05) is 35.9 Å². The molecule has 0 aliphatic heterocycles. The van der Waals surface area contributed by atoms with E-state index in [2.05, 4.69) is 22.9 Å². The molecule has 0 radical (unpaired) electrons. The number of benzene rings is 2. The highest BCUT2D eigenvalue weighted by Crippen LogP contribution is 2.17. The van der Waals surface area contributed by atoms with Crippen LogP contribution in [-0.4, -0.2) is 30.1 Å². The van der Waals surface area contributed by atoms with Crippen LogP contribution in [0.15, 0.2) is 48.5 Å². The predicted molar refractivity (Wildman–Crippen MR) is 106 cm³/mol. The van der Waals surface area contributed by atoms with Gasteiger partial charge < -0.3 is 21.1 Å². The number of anilines is 1. The van der Waals surface area contributed by atoms with Crippen LogP contribution in [0, 0.1) is 0 Å². The van der Waals surface area contributed by atoms with Crippen molar-refractivity contribution in [3.63, 3.8) is 0 Å². The number of carbonyl (C=O) groups excluding carboxylic acids is 1. The molecule has 0 aromatic heterocycles. The lowest BCUT2D eigenvalue weighted by Crippen LogP contribution is -2.35. The molecule has 0 saturated carbocycles. The second kappa shape index (κ2) is 10.2. The maximum atomic E-state index is 10.9. The summed E-state index contributed by atoms with van der Waals surface area (Å²) in [4.78, 5) is 10.9. The summed E-state index contributed by atoms with van der Waals surface area (Å²) in [5.41, 5.74) is 2.88. The number of rotatable bonds is 9. The van der Waals surface area contributed by atoms with Crippen molar-refractivity contribution in [2.45, 2.75) is 32.5 Å². The van der Waals surface area contributed by atoms with E-state index >= 15 is 0 Å². The molecule has 2 atom stereocenters. The van der Waals surface area contributed by atoms with Crippen molar-refractivity contribution in [2.75, 3.05) is 18.4 Å². The number of hydrogen-bond acceptors (Lipinski definition) is 4. The van der Waals surface area contributed by atoms with Crippen molar-refractivity contribution < 1.29 is 9.90 Å². The van der Waals surface area contributed by atoms with Crippen LogP contribution in [0.25, 0.3) is 0 Å². The highest BCUT2D eigenvalue weighted by molar-refractivity contribution is 6.30. The molecule has 0 aliphatic rings. The molecule has 2 aromatic carbocycles. The Hall–Kier alpha value is -2.08. The van der Waals surface area contributed by atoms with Gasteiger partial charge in [-0.3, -0.25) is 4.79 Å². The van der Waals surface area contributed by atoms with Crippen molar-refractivity contribution >= 4 is 23.2 Å². The summed E-state index contributed by atoms with van der Waals surface area (Å²) in [6.45, 7) is 5.29. The second-order valence-corrected chi connectivity index (χ2v) is 6.80. The minimum Gasteiger partial charge on any atom is -0.387 e. The number of aliphatic hydroxyl groups excluding tert-OH is 1. The maximum absolute atomic E-state index is 10.9. The molecule has 0 saturated heterocycles. The minimum atomic E-state index is -0.593. The van der Waals surface area contributed by atoms with Gasteiger partial charge in [0, 0.05) is 43.3 Å². The van der Waals surface area contributed by atoms with Gasteiger partial charge in [0.15, 0.2) is 0 Å². The average molecular weight is 376 g/mol. The van der Waals surface area contributed by atoms with Gasteiger partial charge in [0.2, 0.25) is 5.91 Å². The highest BCUT2D eigenvalue weighted by Gasteiger charge is 2.10. The molecule has 26 heavy (non-hydrogen) atoms. The van der Waals surface area contributed by atoms with Crippen LogP contribution in [0.1, 0.15) is 31.1 Å². The average Bonchev–Trinajstić information content (AvgIpc) is 2.63. The summed E-state index contributed by atoms with van der Waals surface area (Å²) in [7, 11) is 0. The first kappa shape index (κ1) is 20.2. The van der Waals surface area contributed by atoms with Gasteiger partial charge in [-0.2, -0.15) is 0 Å². The Bertz CT molecular complexity index is 706. The fourth-order valence-corrected chi connectivity index (χ4v) is 2.65. The largest absolute Gasteiger partial charge is 0.387 e. The van der Waals surface area contributed by atoms with Crippen LogP contribution < -0.4 is 16.0 Å². The smallest absolute Gasteiger partial charge is 0.217 e. The summed E-state index contributed by atoms with van der Waals surface area (Å²) in [5, 5.41) is 20.3. The fourth-order valence-electron chi connectivity index (χ4n) is 2.45. The first-order valence-electron chi connectivity index (χ1n) is 8.68. The van der Waals surface area contributed by atoms with Crippen molar-refractivity contribution in [3.8, 4) is 0 Å². The third kappa shape index (κ3) is 7.04. The van der Waals surface area contributed by atoms with Crippen LogP contribution in [-0.2, 0) is 11.3 Å². The van der Waals surface area contributed by atoms with Crippen LogP contribution in [0.3, 0.4) is 0 Å². The third-order valence-electron chi connectivity index (χ3n) is 4.00. The number of nitrogens with one attached hydrogen (secondary N) is 3. The monoisotopic (exact) mass is 375 g/mol. The van der Waals surface area contributed by atoms with Gasteiger partial charge in [0.05, 0.1) is 6.10 Å². The normalized spacial score (nSPS) is 13.1. The molecule has 0 bridgehead atoms. The van der Waals surface area contributed by atoms with Crippen LogP contribution in [0.5, 0.6) is 0 Å². The molecular formula is C20H26ClN3O2. The van der Waals surface area contributed by atoms with E-state index in [0.29, 0.717) is 18.1 Å². The van der Waals surface area contributed by atoms with Gasteiger partial charge in [-0.15, -0.1) is 0 Å². The highest BCUT2D eigenvalue weighted by atomic mass is 35.5. The topological polar surface area (TPSA) is 73.4 Å². The van der Waals surface area contributed by atoms with E-state index in [9.17, 15) is 9.90 Å². The van der Waals surface area contributed by atoms with Gasteiger partial charge in [-0.25, -0.2) is 0 Å². The lowest BCUT2D eigenvalue weighted by molar-refractivity contribution is -0.119. The van der Waals surface area contributed by atoms with E-state index in [0.717, 1.165) is 23.4 Å². The van der Waals surface area contributed by atoms with Gasteiger partial charge in [-0.05, 0) is 42.3 Å². The molecule has 0 unspecified atom stereocenters. The van der Waals surface area contributed by atoms with Crippen molar-refractivity contribution in [1.29, 1.82) is 0 Å². The molecule has 2 rings (SSSR count). The first-order valence-corrected chi connectivity index (χ1v) is 9.06. The molecule has 0 heterocycles. The minimum absolute atomic E-state index is 0.0351. The number of halogens is 1. The standard InChI is InChI=1S/C20H26ClN3O2/c1-14(22-13-20(26)17-4-3-5-18(21)10-17)11-24-19-8-6-16(7-9-19)12-23-15(2)25/h3-10,14,20,22,24,26H,11-13H2,1-2H3,(H,23,25)/t14-,20+/m1/s1. The lowest BCUT2D eigenvalue weighted by Gasteiger charge is -2.18. The molecule has 2 aromatic rings. The van der Waals surface area contributed by atoms with E-state index in [4.69, 9.17) is 11.6 Å². The van der Waals surface area contributed by atoms with E-state index in [1.807, 2.05) is 36.4 Å². The number of aliphatic hydroxyl groups is 1. The second-order valence-electron chi connectivity index (χ2n) is 6.37. The molecule has 140 valence electrons. The Morgan fingerprint density at radius 2 is 1.88 bits per heavy atom. The first-order chi connectivity index (χ1) is 12.4. The van der Waals surface area contributed by atoms with Crippen LogP contribution in [0.4, 0.5) is 5.69 Å². The number of amides is 1. The van der Waals surface area contributed by atoms with Gasteiger partial charge in [0.1, 0.15) is 0 Å². The molecule has 0 aliphatic carbocycles. The lowest BCUT2D eigenvalue weighted by atomic mass is 10.1. The summed E-state index contributed by atoms with van der Waals surface area (Å²) in [6, 6.07) is 15.4. The van der Waals surface area contributed by atoms with Gasteiger partial charge in [0.25, 0.3) is 0 Å². The predicted octanol–water partition coefficient (Wildman–Crippen LogP) is 3.10.